The van der Waals surface area contributed by atoms with Crippen LogP contribution in [0.1, 0.15) is 290 Å². The Morgan fingerprint density at radius 1 is 0.461 bits per heavy atom. The molecule has 1 saturated heterocycles. The predicted molar refractivity (Wildman–Crippen MR) is 322 cm³/mol. The molecule has 0 aromatic heterocycles. The fourth-order valence-electron chi connectivity index (χ4n) is 10.1. The topological polar surface area (TPSA) is 149 Å². The van der Waals surface area contributed by atoms with E-state index >= 15 is 0 Å². The highest BCUT2D eigenvalue weighted by molar-refractivity contribution is 5.76. The monoisotopic (exact) mass is 1070 g/mol. The minimum Gasteiger partial charge on any atom is -0.394 e. The molecule has 9 heteroatoms. The summed E-state index contributed by atoms with van der Waals surface area (Å²) in [6.45, 7) is 3.74. The maximum atomic E-state index is 13.1. The van der Waals surface area contributed by atoms with Gasteiger partial charge < -0.3 is 40.3 Å². The first-order valence-electron chi connectivity index (χ1n) is 32.1. The van der Waals surface area contributed by atoms with Gasteiger partial charge in [-0.15, -0.1) is 0 Å². The molecule has 1 rings (SSSR count). The number of aliphatic hydroxyl groups excluding tert-OH is 5. The highest BCUT2D eigenvalue weighted by Gasteiger charge is 2.44. The van der Waals surface area contributed by atoms with Gasteiger partial charge in [-0.2, -0.15) is 0 Å². The van der Waals surface area contributed by atoms with E-state index in [0.29, 0.717) is 12.8 Å². The minimum absolute atomic E-state index is 0.147. The molecule has 0 aromatic rings. The van der Waals surface area contributed by atoms with Crippen molar-refractivity contribution in [1.82, 2.24) is 5.32 Å². The van der Waals surface area contributed by atoms with Crippen LogP contribution in [0.5, 0.6) is 0 Å². The van der Waals surface area contributed by atoms with Crippen LogP contribution in [0.2, 0.25) is 0 Å². The third-order valence-corrected chi connectivity index (χ3v) is 15.1. The normalized spacial score (nSPS) is 19.3. The van der Waals surface area contributed by atoms with Gasteiger partial charge in [0.1, 0.15) is 24.4 Å². The van der Waals surface area contributed by atoms with E-state index in [1.807, 2.05) is 0 Å². The second kappa shape index (κ2) is 55.9. The second-order valence-electron chi connectivity index (χ2n) is 22.2. The van der Waals surface area contributed by atoms with Gasteiger partial charge in [0.05, 0.1) is 25.4 Å². The summed E-state index contributed by atoms with van der Waals surface area (Å²) in [6.07, 6.45) is 70.9. The number of carbonyl (C=O) groups excluding carboxylic acids is 1. The molecule has 7 atom stereocenters. The average molecular weight is 1070 g/mol. The van der Waals surface area contributed by atoms with Crippen LogP contribution in [0.25, 0.3) is 0 Å². The molecule has 0 aromatic carbocycles. The van der Waals surface area contributed by atoms with E-state index in [2.05, 4.69) is 92.1 Å². The van der Waals surface area contributed by atoms with Gasteiger partial charge in [-0.1, -0.05) is 292 Å². The molecule has 1 aliphatic rings. The molecular formula is C67H121NO8. The van der Waals surface area contributed by atoms with Crippen molar-refractivity contribution < 1.29 is 39.8 Å². The van der Waals surface area contributed by atoms with E-state index in [1.54, 1.807) is 0 Å². The van der Waals surface area contributed by atoms with E-state index in [4.69, 9.17) is 9.47 Å². The van der Waals surface area contributed by atoms with Gasteiger partial charge >= 0.3 is 0 Å². The first-order chi connectivity index (χ1) is 37.3. The van der Waals surface area contributed by atoms with Crippen molar-refractivity contribution in [2.45, 2.75) is 333 Å². The second-order valence-corrected chi connectivity index (χ2v) is 22.2. The summed E-state index contributed by atoms with van der Waals surface area (Å²) in [4.78, 5) is 13.1. The zero-order valence-corrected chi connectivity index (χ0v) is 49.3. The van der Waals surface area contributed by atoms with Gasteiger partial charge in [-0.05, 0) is 64.2 Å². The fourth-order valence-corrected chi connectivity index (χ4v) is 10.1. The molecule has 6 N–H and O–H groups in total. The summed E-state index contributed by atoms with van der Waals surface area (Å²) in [5, 5.41) is 54.8. The quantitative estimate of drug-likeness (QED) is 0.0261. The van der Waals surface area contributed by atoms with E-state index < -0.39 is 49.5 Å². The third kappa shape index (κ3) is 44.5. The summed E-state index contributed by atoms with van der Waals surface area (Å²) < 4.78 is 11.3. The van der Waals surface area contributed by atoms with Gasteiger partial charge in [-0.3, -0.25) is 4.79 Å². The van der Waals surface area contributed by atoms with Gasteiger partial charge in [0.25, 0.3) is 0 Å². The number of amides is 1. The van der Waals surface area contributed by atoms with E-state index in [-0.39, 0.29) is 12.5 Å². The van der Waals surface area contributed by atoms with Crippen LogP contribution < -0.4 is 5.32 Å². The van der Waals surface area contributed by atoms with Crippen LogP contribution >= 0.6 is 0 Å². The van der Waals surface area contributed by atoms with Crippen molar-refractivity contribution in [3.63, 3.8) is 0 Å². The van der Waals surface area contributed by atoms with Crippen LogP contribution in [0.15, 0.2) is 72.9 Å². The molecule has 0 bridgehead atoms. The fraction of sp³-hybridized carbons (Fsp3) is 0.806. The van der Waals surface area contributed by atoms with Crippen molar-refractivity contribution in [3.05, 3.63) is 72.9 Å². The third-order valence-electron chi connectivity index (χ3n) is 15.1. The Balaban J connectivity index is 2.18. The van der Waals surface area contributed by atoms with Crippen LogP contribution in [0.4, 0.5) is 0 Å². The van der Waals surface area contributed by atoms with Gasteiger partial charge in [0, 0.05) is 6.42 Å². The Bertz CT molecular complexity index is 1420. The lowest BCUT2D eigenvalue weighted by Gasteiger charge is -2.40. The number of nitrogens with one attached hydrogen (secondary N) is 1. The maximum absolute atomic E-state index is 13.1. The number of unbranched alkanes of at least 4 members (excludes halogenated alkanes) is 33. The number of hydrogen-bond acceptors (Lipinski definition) is 8. The molecule has 0 radical (unpaired) electrons. The molecule has 0 aliphatic carbocycles. The molecule has 1 heterocycles. The van der Waals surface area contributed by atoms with Crippen molar-refractivity contribution in [3.8, 4) is 0 Å². The Morgan fingerprint density at radius 2 is 0.816 bits per heavy atom. The zero-order chi connectivity index (χ0) is 55.0. The number of hydrogen-bond donors (Lipinski definition) is 6. The lowest BCUT2D eigenvalue weighted by atomic mass is 9.99. The van der Waals surface area contributed by atoms with E-state index in [1.165, 1.54) is 167 Å². The minimum atomic E-state index is -1.56. The first kappa shape index (κ1) is 71.6. The summed E-state index contributed by atoms with van der Waals surface area (Å²) in [5.41, 5.74) is 0. The lowest BCUT2D eigenvalue weighted by molar-refractivity contribution is -0.302. The standard InChI is InChI=1S/C67H121NO8/c1-3-5-7-9-11-13-15-17-19-21-23-25-27-29-30-31-33-34-36-38-40-42-44-46-48-50-52-54-56-61(70)60(59-75-67-66(74)65(73)64(72)62(58-69)76-67)68-63(71)57-55-53-51-49-47-45-43-41-39-37-35-32-28-26-24-22-20-18-16-14-12-10-8-6-4-2/h6,8,12,14,18,20,24,26,32,35,39,41,60-62,64-67,69-70,72-74H,3-5,7,9-11,13,15-17,19,21-23,25,27-31,33-34,36-38,40,42-59H2,1-2H3,(H,68,71)/b8-6-,14-12-,20-18-,26-24-,35-32-,41-39-. The molecule has 76 heavy (non-hydrogen) atoms. The molecule has 1 amide bonds. The molecule has 9 nitrogen and oxygen atoms in total. The van der Waals surface area contributed by atoms with Crippen LogP contribution in [0.3, 0.4) is 0 Å². The van der Waals surface area contributed by atoms with Crippen molar-refractivity contribution in [2.75, 3.05) is 13.2 Å². The molecule has 7 unspecified atom stereocenters. The zero-order valence-electron chi connectivity index (χ0n) is 49.3. The van der Waals surface area contributed by atoms with Gasteiger partial charge in [0.2, 0.25) is 5.91 Å². The highest BCUT2D eigenvalue weighted by Crippen LogP contribution is 2.23. The van der Waals surface area contributed by atoms with E-state index in [9.17, 15) is 30.3 Å². The average Bonchev–Trinajstić information content (AvgIpc) is 3.42. The van der Waals surface area contributed by atoms with Gasteiger partial charge in [0.15, 0.2) is 6.29 Å². The lowest BCUT2D eigenvalue weighted by Crippen LogP contribution is -2.60. The number of allylic oxidation sites excluding steroid dienone is 12. The number of ether oxygens (including phenoxy) is 2. The van der Waals surface area contributed by atoms with Crippen molar-refractivity contribution >= 4 is 5.91 Å². The smallest absolute Gasteiger partial charge is 0.220 e. The summed E-state index contributed by atoms with van der Waals surface area (Å²) in [6, 6.07) is -0.734. The van der Waals surface area contributed by atoms with Crippen LogP contribution in [-0.4, -0.2) is 87.5 Å². The molecule has 1 aliphatic heterocycles. The van der Waals surface area contributed by atoms with Crippen LogP contribution in [-0.2, 0) is 14.3 Å². The van der Waals surface area contributed by atoms with Crippen molar-refractivity contribution in [2.24, 2.45) is 0 Å². The van der Waals surface area contributed by atoms with Crippen molar-refractivity contribution in [1.29, 1.82) is 0 Å². The Morgan fingerprint density at radius 3 is 1.21 bits per heavy atom. The molecule has 0 saturated carbocycles. The summed E-state index contributed by atoms with van der Waals surface area (Å²) in [7, 11) is 0. The highest BCUT2D eigenvalue weighted by atomic mass is 16.7. The number of aliphatic hydroxyl groups is 5. The molecule has 442 valence electrons. The molecule has 1 fully saturated rings. The Kier molecular flexibility index (Phi) is 52.7. The Labute approximate surface area is 468 Å². The van der Waals surface area contributed by atoms with Gasteiger partial charge in [-0.25, -0.2) is 0 Å². The predicted octanol–water partition coefficient (Wildman–Crippen LogP) is 16.8. The molecular weight excluding hydrogens is 947 g/mol. The molecule has 0 spiro atoms. The number of carbonyl (C=O) groups is 1. The Hall–Kier alpha value is -2.37. The summed E-state index contributed by atoms with van der Waals surface area (Å²) >= 11 is 0. The van der Waals surface area contributed by atoms with E-state index in [0.717, 1.165) is 96.3 Å². The summed E-state index contributed by atoms with van der Waals surface area (Å²) in [5.74, 6) is -0.158. The maximum Gasteiger partial charge on any atom is 0.220 e. The van der Waals surface area contributed by atoms with Crippen LogP contribution in [0, 0.1) is 0 Å². The largest absolute Gasteiger partial charge is 0.394 e. The first-order valence-corrected chi connectivity index (χ1v) is 32.1. The SMILES string of the molecule is CC/C=C\C/C=C\C/C=C\C/C=C\C/C=C\C/C=C\CCCCCCCCC(=O)NC(COC1OC(CO)C(O)C(O)C1O)C(O)CCCCCCCCCCCCCCCCCCCCCCCCCCCCCC. The number of rotatable bonds is 55.